The van der Waals surface area contributed by atoms with Crippen molar-refractivity contribution in [2.24, 2.45) is 0 Å². The lowest BCUT2D eigenvalue weighted by Gasteiger charge is -2.15. The van der Waals surface area contributed by atoms with Crippen molar-refractivity contribution in [3.8, 4) is 39.7 Å². The Hall–Kier alpha value is -3.46. The van der Waals surface area contributed by atoms with Gasteiger partial charge >= 0.3 is 0 Å². The van der Waals surface area contributed by atoms with Crippen molar-refractivity contribution < 1.29 is 9.47 Å². The molecule has 0 radical (unpaired) electrons. The third kappa shape index (κ3) is 3.20. The normalized spacial score (nSPS) is 10.6. The van der Waals surface area contributed by atoms with Gasteiger partial charge in [0.2, 0.25) is 0 Å². The monoisotopic (exact) mass is 355 g/mol. The highest BCUT2D eigenvalue weighted by atomic mass is 16.5. The number of hydrogen-bond donors (Lipinski definition) is 0. The van der Waals surface area contributed by atoms with E-state index in [1.54, 1.807) is 14.2 Å². The van der Waals surface area contributed by atoms with Crippen LogP contribution in [0.5, 0.6) is 11.5 Å². The van der Waals surface area contributed by atoms with E-state index in [-0.39, 0.29) is 0 Å². The third-order valence-corrected chi connectivity index (χ3v) is 4.64. The first kappa shape index (κ1) is 17.0. The van der Waals surface area contributed by atoms with Crippen molar-refractivity contribution in [2.45, 2.75) is 0 Å². The Morgan fingerprint density at radius 1 is 0.556 bits per heavy atom. The highest BCUT2D eigenvalue weighted by Crippen LogP contribution is 2.36. The van der Waals surface area contributed by atoms with Gasteiger partial charge in [0.15, 0.2) is 11.5 Å². The molecule has 0 unspecified atom stereocenters. The van der Waals surface area contributed by atoms with Gasteiger partial charge < -0.3 is 14.0 Å². The molecule has 3 heteroatoms. The van der Waals surface area contributed by atoms with E-state index < -0.39 is 0 Å². The Balaban J connectivity index is 1.93. The maximum atomic E-state index is 5.50. The zero-order chi connectivity index (χ0) is 18.6. The molecule has 4 rings (SSSR count). The molecular weight excluding hydrogens is 334 g/mol. The van der Waals surface area contributed by atoms with Crippen LogP contribution in [0.3, 0.4) is 0 Å². The maximum Gasteiger partial charge on any atom is 0.161 e. The van der Waals surface area contributed by atoms with Crippen LogP contribution in [0, 0.1) is 0 Å². The van der Waals surface area contributed by atoms with Gasteiger partial charge in [0.05, 0.1) is 25.6 Å². The highest BCUT2D eigenvalue weighted by Gasteiger charge is 2.15. The second-order valence-corrected chi connectivity index (χ2v) is 6.21. The van der Waals surface area contributed by atoms with Crippen LogP contribution in [-0.4, -0.2) is 18.8 Å². The zero-order valence-corrected chi connectivity index (χ0v) is 15.4. The molecule has 1 heterocycles. The first-order chi connectivity index (χ1) is 13.3. The number of aromatic nitrogens is 1. The van der Waals surface area contributed by atoms with Crippen molar-refractivity contribution in [1.29, 1.82) is 0 Å². The minimum Gasteiger partial charge on any atom is -0.493 e. The summed E-state index contributed by atoms with van der Waals surface area (Å²) in [6, 6.07) is 31.1. The van der Waals surface area contributed by atoms with Crippen molar-refractivity contribution in [2.75, 3.05) is 14.2 Å². The molecule has 3 aromatic carbocycles. The van der Waals surface area contributed by atoms with Crippen LogP contribution >= 0.6 is 0 Å². The molecule has 0 fully saturated rings. The van der Waals surface area contributed by atoms with Crippen LogP contribution in [0.1, 0.15) is 0 Å². The number of methoxy groups -OCH3 is 2. The molecule has 0 aliphatic rings. The number of nitrogens with zero attached hydrogens (tertiary/aromatic N) is 1. The molecule has 0 spiro atoms. The van der Waals surface area contributed by atoms with E-state index in [9.17, 15) is 0 Å². The fraction of sp³-hybridized carbons (Fsp3) is 0.0833. The molecule has 0 aliphatic heterocycles. The molecule has 0 amide bonds. The van der Waals surface area contributed by atoms with Crippen molar-refractivity contribution in [3.63, 3.8) is 0 Å². The summed E-state index contributed by atoms with van der Waals surface area (Å²) in [4.78, 5) is 0. The molecule has 0 saturated carbocycles. The number of ether oxygens (including phenoxy) is 2. The maximum absolute atomic E-state index is 5.50. The molecule has 0 atom stereocenters. The van der Waals surface area contributed by atoms with Crippen molar-refractivity contribution in [3.05, 3.63) is 91.0 Å². The van der Waals surface area contributed by atoms with E-state index >= 15 is 0 Å². The van der Waals surface area contributed by atoms with E-state index in [1.165, 1.54) is 5.56 Å². The van der Waals surface area contributed by atoms with Gasteiger partial charge in [-0.2, -0.15) is 0 Å². The lowest BCUT2D eigenvalue weighted by molar-refractivity contribution is 0.355. The van der Waals surface area contributed by atoms with Crippen LogP contribution in [-0.2, 0) is 0 Å². The van der Waals surface area contributed by atoms with E-state index in [4.69, 9.17) is 9.47 Å². The molecular formula is C24H21NO2. The Morgan fingerprint density at radius 3 is 1.78 bits per heavy atom. The van der Waals surface area contributed by atoms with E-state index in [0.717, 1.165) is 34.1 Å². The molecule has 134 valence electrons. The van der Waals surface area contributed by atoms with E-state index in [2.05, 4.69) is 71.3 Å². The van der Waals surface area contributed by atoms with Gasteiger partial charge in [-0.3, -0.25) is 0 Å². The second-order valence-electron chi connectivity index (χ2n) is 6.21. The first-order valence-electron chi connectivity index (χ1n) is 8.87. The van der Waals surface area contributed by atoms with Gasteiger partial charge in [0.1, 0.15) is 0 Å². The molecule has 3 nitrogen and oxygen atoms in total. The minimum atomic E-state index is 0.720. The standard InChI is InChI=1S/C24H21NO2/c1-26-23-16-13-19(17-24(23)27-2)22-15-14-21(18-9-5-3-6-10-18)25(22)20-11-7-4-8-12-20/h3-17H,1-2H3. The predicted octanol–water partition coefficient (Wildman–Crippen LogP) is 5.83. The smallest absolute Gasteiger partial charge is 0.161 e. The average Bonchev–Trinajstić information content (AvgIpc) is 3.19. The van der Waals surface area contributed by atoms with E-state index in [0.29, 0.717) is 0 Å². The Labute approximate surface area is 159 Å². The fourth-order valence-electron chi connectivity index (χ4n) is 3.35. The Kier molecular flexibility index (Phi) is 4.67. The summed E-state index contributed by atoms with van der Waals surface area (Å²) < 4.78 is 13.2. The summed E-state index contributed by atoms with van der Waals surface area (Å²) in [6.07, 6.45) is 0. The van der Waals surface area contributed by atoms with Gasteiger partial charge in [0, 0.05) is 11.3 Å². The van der Waals surface area contributed by atoms with Gasteiger partial charge in [-0.05, 0) is 48.0 Å². The minimum absolute atomic E-state index is 0.720. The molecule has 27 heavy (non-hydrogen) atoms. The van der Waals surface area contributed by atoms with Crippen LogP contribution in [0.4, 0.5) is 0 Å². The Morgan fingerprint density at radius 2 is 1.15 bits per heavy atom. The van der Waals surface area contributed by atoms with Crippen molar-refractivity contribution in [1.82, 2.24) is 4.57 Å². The quantitative estimate of drug-likeness (QED) is 0.450. The molecule has 0 saturated heterocycles. The molecule has 0 bridgehead atoms. The van der Waals surface area contributed by atoms with Gasteiger partial charge in [-0.15, -0.1) is 0 Å². The summed E-state index contributed by atoms with van der Waals surface area (Å²) in [5.41, 5.74) is 5.60. The van der Waals surface area contributed by atoms with Crippen molar-refractivity contribution >= 4 is 0 Å². The topological polar surface area (TPSA) is 23.4 Å². The molecule has 0 aliphatic carbocycles. The first-order valence-corrected chi connectivity index (χ1v) is 8.87. The third-order valence-electron chi connectivity index (χ3n) is 4.64. The number of rotatable bonds is 5. The predicted molar refractivity (Wildman–Crippen MR) is 110 cm³/mol. The Bertz CT molecular complexity index is 1040. The van der Waals surface area contributed by atoms with E-state index in [1.807, 2.05) is 24.3 Å². The lowest BCUT2D eigenvalue weighted by Crippen LogP contribution is -1.99. The largest absolute Gasteiger partial charge is 0.493 e. The zero-order valence-electron chi connectivity index (χ0n) is 15.4. The number of benzene rings is 3. The number of hydrogen-bond acceptors (Lipinski definition) is 2. The van der Waals surface area contributed by atoms with Crippen LogP contribution < -0.4 is 9.47 Å². The summed E-state index contributed by atoms with van der Waals surface area (Å²) in [7, 11) is 3.31. The number of para-hydroxylation sites is 1. The highest BCUT2D eigenvalue weighted by molar-refractivity contribution is 5.74. The second kappa shape index (κ2) is 7.42. The van der Waals surface area contributed by atoms with Gasteiger partial charge in [-0.1, -0.05) is 48.5 Å². The average molecular weight is 355 g/mol. The lowest BCUT2D eigenvalue weighted by atomic mass is 10.1. The summed E-state index contributed by atoms with van der Waals surface area (Å²) >= 11 is 0. The summed E-state index contributed by atoms with van der Waals surface area (Å²) in [5, 5.41) is 0. The molecule has 0 N–H and O–H groups in total. The molecule has 1 aromatic heterocycles. The van der Waals surface area contributed by atoms with Gasteiger partial charge in [0.25, 0.3) is 0 Å². The van der Waals surface area contributed by atoms with Crippen LogP contribution in [0.25, 0.3) is 28.2 Å². The summed E-state index contributed by atoms with van der Waals surface area (Å²) in [5.74, 6) is 1.44. The molecule has 4 aromatic rings. The fourth-order valence-corrected chi connectivity index (χ4v) is 3.35. The van der Waals surface area contributed by atoms with Crippen LogP contribution in [0.15, 0.2) is 91.0 Å². The van der Waals surface area contributed by atoms with Crippen LogP contribution in [0.2, 0.25) is 0 Å². The summed E-state index contributed by atoms with van der Waals surface area (Å²) in [6.45, 7) is 0. The SMILES string of the molecule is COc1ccc(-c2ccc(-c3ccccc3)n2-c2ccccc2)cc1OC. The van der Waals surface area contributed by atoms with Gasteiger partial charge in [-0.25, -0.2) is 0 Å².